The van der Waals surface area contributed by atoms with Gasteiger partial charge in [-0.3, -0.25) is 4.79 Å². The Labute approximate surface area is 141 Å². The fourth-order valence-electron chi connectivity index (χ4n) is 1.69. The van der Waals surface area contributed by atoms with Gasteiger partial charge in [-0.15, -0.1) is 0 Å². The zero-order chi connectivity index (χ0) is 16.8. The highest BCUT2D eigenvalue weighted by molar-refractivity contribution is 9.10. The van der Waals surface area contributed by atoms with Gasteiger partial charge in [-0.25, -0.2) is 4.79 Å². The van der Waals surface area contributed by atoms with Crippen LogP contribution in [0.1, 0.15) is 18.2 Å². The summed E-state index contributed by atoms with van der Waals surface area (Å²) < 4.78 is 10.8. The van der Waals surface area contributed by atoms with Crippen LogP contribution in [0.3, 0.4) is 0 Å². The average Bonchev–Trinajstić information content (AvgIpc) is 2.90. The number of carbonyl (C=O) groups excluding carboxylic acids is 2. The number of hydrogen-bond donors (Lipinski definition) is 1. The minimum Gasteiger partial charge on any atom is -0.449 e. The number of hydrogen-bond acceptors (Lipinski definition) is 5. The summed E-state index contributed by atoms with van der Waals surface area (Å²) in [6.07, 6.45) is 1.93. The summed E-state index contributed by atoms with van der Waals surface area (Å²) in [5, 5.41) is 6.13. The van der Waals surface area contributed by atoms with Crippen LogP contribution in [-0.4, -0.2) is 23.1 Å². The van der Waals surface area contributed by atoms with Gasteiger partial charge in [0.05, 0.1) is 0 Å². The van der Waals surface area contributed by atoms with E-state index in [0.29, 0.717) is 5.76 Å². The monoisotopic (exact) mass is 378 g/mol. The van der Waals surface area contributed by atoms with Gasteiger partial charge in [-0.2, -0.15) is 0 Å². The van der Waals surface area contributed by atoms with E-state index < -0.39 is 18.0 Å². The molecule has 1 aromatic heterocycles. The van der Waals surface area contributed by atoms with Crippen molar-refractivity contribution in [3.63, 3.8) is 0 Å². The standard InChI is InChI=1S/C16H15BrN2O4/c1-10-8-14(19-23-10)18-16(21)11(2)22-15(20)7-6-12-4-3-5-13(17)9-12/h3-9,11H,1-2H3,(H,18,19,21)/b7-6+/t11-/m0/s1. The largest absolute Gasteiger partial charge is 0.449 e. The van der Waals surface area contributed by atoms with Crippen LogP contribution in [0.5, 0.6) is 0 Å². The van der Waals surface area contributed by atoms with Gasteiger partial charge in [0.25, 0.3) is 5.91 Å². The average molecular weight is 379 g/mol. The van der Waals surface area contributed by atoms with Crippen molar-refractivity contribution in [2.45, 2.75) is 20.0 Å². The summed E-state index contributed by atoms with van der Waals surface area (Å²) in [7, 11) is 0. The second kappa shape index (κ2) is 7.73. The van der Waals surface area contributed by atoms with Crippen molar-refractivity contribution in [1.29, 1.82) is 0 Å². The van der Waals surface area contributed by atoms with Crippen molar-refractivity contribution < 1.29 is 18.8 Å². The molecule has 0 radical (unpaired) electrons. The number of nitrogens with zero attached hydrogens (tertiary/aromatic N) is 1. The number of rotatable bonds is 5. The maximum atomic E-state index is 11.9. The first-order valence-corrected chi connectivity index (χ1v) is 7.62. The van der Waals surface area contributed by atoms with Crippen LogP contribution >= 0.6 is 15.9 Å². The number of amides is 1. The van der Waals surface area contributed by atoms with Crippen LogP contribution in [0.15, 0.2) is 45.4 Å². The Balaban J connectivity index is 1.87. The van der Waals surface area contributed by atoms with E-state index in [-0.39, 0.29) is 5.82 Å². The van der Waals surface area contributed by atoms with Crippen molar-refractivity contribution in [1.82, 2.24) is 5.16 Å². The summed E-state index contributed by atoms with van der Waals surface area (Å²) >= 11 is 3.35. The lowest BCUT2D eigenvalue weighted by Gasteiger charge is -2.10. The van der Waals surface area contributed by atoms with Crippen molar-refractivity contribution in [3.05, 3.63) is 52.2 Å². The van der Waals surface area contributed by atoms with E-state index in [1.807, 2.05) is 24.3 Å². The summed E-state index contributed by atoms with van der Waals surface area (Å²) in [4.78, 5) is 23.6. The number of benzene rings is 1. The van der Waals surface area contributed by atoms with Gasteiger partial charge >= 0.3 is 5.97 Å². The van der Waals surface area contributed by atoms with Gasteiger partial charge in [0.2, 0.25) is 0 Å². The summed E-state index contributed by atoms with van der Waals surface area (Å²) in [5.74, 6) is -0.242. The topological polar surface area (TPSA) is 81.4 Å². The molecule has 1 aromatic carbocycles. The number of ether oxygens (including phenoxy) is 1. The highest BCUT2D eigenvalue weighted by Gasteiger charge is 2.17. The first-order chi connectivity index (χ1) is 10.9. The SMILES string of the molecule is Cc1cc(NC(=O)[C@H](C)OC(=O)/C=C/c2cccc(Br)c2)no1. The minimum absolute atomic E-state index is 0.278. The molecule has 0 unspecified atom stereocenters. The molecular formula is C16H15BrN2O4. The third kappa shape index (κ3) is 5.37. The molecule has 6 nitrogen and oxygen atoms in total. The molecule has 0 bridgehead atoms. The zero-order valence-corrected chi connectivity index (χ0v) is 14.2. The highest BCUT2D eigenvalue weighted by atomic mass is 79.9. The summed E-state index contributed by atoms with van der Waals surface area (Å²) in [6.45, 7) is 3.19. The van der Waals surface area contributed by atoms with Crippen LogP contribution in [0, 0.1) is 6.92 Å². The Morgan fingerprint density at radius 3 is 2.83 bits per heavy atom. The molecule has 1 amide bonds. The molecule has 23 heavy (non-hydrogen) atoms. The number of aryl methyl sites for hydroxylation is 1. The Bertz CT molecular complexity index is 739. The lowest BCUT2D eigenvalue weighted by atomic mass is 10.2. The Hall–Kier alpha value is -2.41. The molecular weight excluding hydrogens is 364 g/mol. The number of nitrogens with one attached hydrogen (secondary N) is 1. The second-order valence-electron chi connectivity index (χ2n) is 4.78. The van der Waals surface area contributed by atoms with Crippen molar-refractivity contribution in [2.75, 3.05) is 5.32 Å². The third-order valence-corrected chi connectivity index (χ3v) is 3.30. The van der Waals surface area contributed by atoms with Crippen LogP contribution in [0.25, 0.3) is 6.08 Å². The molecule has 2 rings (SSSR count). The second-order valence-corrected chi connectivity index (χ2v) is 5.70. The van der Waals surface area contributed by atoms with E-state index in [0.717, 1.165) is 10.0 Å². The molecule has 120 valence electrons. The van der Waals surface area contributed by atoms with Crippen molar-refractivity contribution >= 4 is 39.7 Å². The van der Waals surface area contributed by atoms with Crippen molar-refractivity contribution in [3.8, 4) is 0 Å². The molecule has 1 N–H and O–H groups in total. The predicted octanol–water partition coefficient (Wildman–Crippen LogP) is 3.33. The smallest absolute Gasteiger partial charge is 0.331 e. The van der Waals surface area contributed by atoms with E-state index in [1.54, 1.807) is 19.1 Å². The first-order valence-electron chi connectivity index (χ1n) is 6.82. The fraction of sp³-hybridized carbons (Fsp3) is 0.188. The normalized spacial score (nSPS) is 12.1. The molecule has 0 fully saturated rings. The van der Waals surface area contributed by atoms with Gasteiger partial charge in [0.1, 0.15) is 5.76 Å². The molecule has 1 heterocycles. The van der Waals surface area contributed by atoms with Crippen molar-refractivity contribution in [2.24, 2.45) is 0 Å². The third-order valence-electron chi connectivity index (χ3n) is 2.80. The maximum Gasteiger partial charge on any atom is 0.331 e. The molecule has 7 heteroatoms. The molecule has 0 aliphatic rings. The molecule has 0 saturated heterocycles. The Morgan fingerprint density at radius 1 is 1.39 bits per heavy atom. The quantitative estimate of drug-likeness (QED) is 0.637. The zero-order valence-electron chi connectivity index (χ0n) is 12.6. The molecule has 2 aromatic rings. The number of anilines is 1. The summed E-state index contributed by atoms with van der Waals surface area (Å²) in [6, 6.07) is 9.00. The number of carbonyl (C=O) groups is 2. The van der Waals surface area contributed by atoms with Gasteiger partial charge in [-0.05, 0) is 37.6 Å². The predicted molar refractivity (Wildman–Crippen MR) is 88.6 cm³/mol. The van der Waals surface area contributed by atoms with E-state index in [9.17, 15) is 9.59 Å². The Morgan fingerprint density at radius 2 is 2.17 bits per heavy atom. The van der Waals surface area contributed by atoms with Crippen LogP contribution in [-0.2, 0) is 14.3 Å². The fourth-order valence-corrected chi connectivity index (χ4v) is 2.11. The molecule has 0 saturated carbocycles. The molecule has 0 aliphatic heterocycles. The number of esters is 1. The van der Waals surface area contributed by atoms with Crippen LogP contribution in [0.4, 0.5) is 5.82 Å². The Kier molecular flexibility index (Phi) is 5.70. The molecule has 1 atom stereocenters. The van der Waals surface area contributed by atoms with Gasteiger partial charge in [-0.1, -0.05) is 33.2 Å². The van der Waals surface area contributed by atoms with E-state index in [2.05, 4.69) is 26.4 Å². The lowest BCUT2D eigenvalue weighted by molar-refractivity contribution is -0.148. The van der Waals surface area contributed by atoms with E-state index in [4.69, 9.17) is 9.26 Å². The molecule has 0 aliphatic carbocycles. The highest BCUT2D eigenvalue weighted by Crippen LogP contribution is 2.13. The van der Waals surface area contributed by atoms with Crippen LogP contribution < -0.4 is 5.32 Å². The van der Waals surface area contributed by atoms with Crippen LogP contribution in [0.2, 0.25) is 0 Å². The first kappa shape index (κ1) is 17.0. The molecule has 0 spiro atoms. The summed E-state index contributed by atoms with van der Waals surface area (Å²) in [5.41, 5.74) is 0.839. The van der Waals surface area contributed by atoms with E-state index in [1.165, 1.54) is 13.0 Å². The van der Waals surface area contributed by atoms with Gasteiger partial charge < -0.3 is 14.6 Å². The minimum atomic E-state index is -0.952. The van der Waals surface area contributed by atoms with E-state index >= 15 is 0 Å². The number of aromatic nitrogens is 1. The lowest BCUT2D eigenvalue weighted by Crippen LogP contribution is -2.29. The van der Waals surface area contributed by atoms with Gasteiger partial charge in [0.15, 0.2) is 11.9 Å². The maximum absolute atomic E-state index is 11.9. The number of halogens is 1. The van der Waals surface area contributed by atoms with Gasteiger partial charge in [0, 0.05) is 16.6 Å².